The molecule has 2 aliphatic heterocycles. The number of aryl methyl sites for hydroxylation is 3. The zero-order valence-corrected chi connectivity index (χ0v) is 33.0. The van der Waals surface area contributed by atoms with Crippen LogP contribution >= 0.6 is 24.4 Å². The second-order valence-electron chi connectivity index (χ2n) is 14.4. The number of rotatable bonds is 5. The summed E-state index contributed by atoms with van der Waals surface area (Å²) >= 11 is 11.3. The van der Waals surface area contributed by atoms with Gasteiger partial charge in [0.15, 0.2) is 10.2 Å². The Morgan fingerprint density at radius 3 is 1.46 bits per heavy atom. The summed E-state index contributed by atoms with van der Waals surface area (Å²) in [7, 11) is 1.43. The monoisotopic (exact) mass is 835 g/mol. The number of carbonyl (C=O) groups is 3. The van der Waals surface area contributed by atoms with E-state index in [2.05, 4.69) is 25.0 Å². The first-order valence-corrected chi connectivity index (χ1v) is 18.9. The number of aromatic nitrogens is 2. The third-order valence-electron chi connectivity index (χ3n) is 11.1. The normalized spacial score (nSPS) is 16.9. The number of nitrogens with one attached hydrogen (secondary N) is 1. The van der Waals surface area contributed by atoms with Crippen molar-refractivity contribution in [3.05, 3.63) is 118 Å². The average Bonchev–Trinajstić information content (AvgIpc) is 3.55. The van der Waals surface area contributed by atoms with Crippen molar-refractivity contribution in [1.29, 1.82) is 0 Å². The first kappa shape index (κ1) is 43.9. The standard InChI is InChI=1S/C21H18FN5O2S.C20H17FN4OS.2CH4/c1-12-9-14(11-25-17(12)23-2)26-19(29)21(7-4-8-21)27(20(26)30)13-5-6-15(16(22)10-13)18(28)24-3;1-12-5-6-14(10-16(12)21)25-19(27)24(18(26)20(25)7-4-8-20)15-9-13(2)17(22-3)23-11-15;;/h5-6,9-11H,4,7-8H2,1,3H3,(H,24,28);5-6,9-11H,4,7-8H2,1-2H3;2*1H4. The van der Waals surface area contributed by atoms with Crippen LogP contribution in [0.25, 0.3) is 9.69 Å². The summed E-state index contributed by atoms with van der Waals surface area (Å²) in [6.45, 7) is 19.5. The maximum atomic E-state index is 14.6. The molecular formula is C43H43F2N9O3S2. The minimum absolute atomic E-state index is 0. The van der Waals surface area contributed by atoms with Crippen molar-refractivity contribution in [3.8, 4) is 0 Å². The van der Waals surface area contributed by atoms with E-state index in [9.17, 15) is 23.2 Å². The summed E-state index contributed by atoms with van der Waals surface area (Å²) in [5, 5.41) is 2.94. The first-order chi connectivity index (χ1) is 27.2. The van der Waals surface area contributed by atoms with Crippen molar-refractivity contribution in [3.63, 3.8) is 0 Å². The summed E-state index contributed by atoms with van der Waals surface area (Å²) in [4.78, 5) is 59.9. The van der Waals surface area contributed by atoms with Gasteiger partial charge in [0.1, 0.15) is 35.1 Å². The fraction of sp³-hybridized carbons (Fsp3) is 0.326. The van der Waals surface area contributed by atoms with Crippen molar-refractivity contribution in [1.82, 2.24) is 15.3 Å². The van der Waals surface area contributed by atoms with Gasteiger partial charge in [-0.05, 0) is 143 Å². The molecule has 304 valence electrons. The zero-order valence-electron chi connectivity index (χ0n) is 31.4. The van der Waals surface area contributed by atoms with E-state index >= 15 is 0 Å². The Kier molecular flexibility index (Phi) is 12.3. The van der Waals surface area contributed by atoms with Crippen LogP contribution in [-0.4, -0.2) is 56.0 Å². The number of thiocarbonyl (C=S) groups is 2. The van der Waals surface area contributed by atoms with Crippen LogP contribution in [0.2, 0.25) is 0 Å². The molecule has 12 nitrogen and oxygen atoms in total. The maximum Gasteiger partial charge on any atom is 0.272 e. The molecule has 2 saturated heterocycles. The van der Waals surface area contributed by atoms with Crippen LogP contribution in [0, 0.1) is 45.5 Å². The highest BCUT2D eigenvalue weighted by Gasteiger charge is 2.61. The van der Waals surface area contributed by atoms with E-state index in [0.29, 0.717) is 76.1 Å². The molecule has 0 radical (unpaired) electrons. The Balaban J connectivity index is 0.000000218. The highest BCUT2D eigenvalue weighted by Crippen LogP contribution is 2.49. The quantitative estimate of drug-likeness (QED) is 0.155. The number of carbonyl (C=O) groups excluding carboxylic acids is 3. The Bertz CT molecular complexity index is 2510. The molecule has 16 heteroatoms. The van der Waals surface area contributed by atoms with Crippen molar-refractivity contribution in [2.24, 2.45) is 0 Å². The fourth-order valence-electron chi connectivity index (χ4n) is 7.68. The van der Waals surface area contributed by atoms with E-state index in [1.54, 1.807) is 60.9 Å². The van der Waals surface area contributed by atoms with E-state index in [-0.39, 0.29) is 49.0 Å². The third-order valence-corrected chi connectivity index (χ3v) is 11.8. The van der Waals surface area contributed by atoms with Gasteiger partial charge in [-0.15, -0.1) is 9.97 Å². The number of benzene rings is 2. The number of amides is 3. The van der Waals surface area contributed by atoms with E-state index in [1.165, 1.54) is 47.4 Å². The summed E-state index contributed by atoms with van der Waals surface area (Å²) < 4.78 is 28.8. The molecule has 2 aromatic carbocycles. The SMILES string of the molecule is C.C.[C-]#[N+]c1ncc(N2C(=O)C3(CCC3)N(c3ccc(C(=O)NC)c(F)c3)C2=S)cc1C.[C-]#[N+]c1ncc(N2C(=O)C3(CCC3)N(c3ccc(C)c(F)c3)C2=S)cc1C. The van der Waals surface area contributed by atoms with E-state index in [0.717, 1.165) is 12.8 Å². The molecule has 4 heterocycles. The van der Waals surface area contributed by atoms with Gasteiger partial charge in [0.25, 0.3) is 29.4 Å². The van der Waals surface area contributed by atoms with Gasteiger partial charge in [0, 0.05) is 18.4 Å². The van der Waals surface area contributed by atoms with Gasteiger partial charge in [-0.1, -0.05) is 34.1 Å². The topological polar surface area (TPSA) is 111 Å². The molecule has 4 aromatic rings. The molecule has 0 atom stereocenters. The largest absolute Gasteiger partial charge is 0.360 e. The van der Waals surface area contributed by atoms with E-state index in [1.807, 2.05) is 0 Å². The number of anilines is 4. The second kappa shape index (κ2) is 16.6. The van der Waals surface area contributed by atoms with Crippen molar-refractivity contribution in [2.75, 3.05) is 26.6 Å². The van der Waals surface area contributed by atoms with Gasteiger partial charge in [-0.3, -0.25) is 24.2 Å². The highest BCUT2D eigenvalue weighted by molar-refractivity contribution is 7.81. The smallest absolute Gasteiger partial charge is 0.272 e. The van der Waals surface area contributed by atoms with Crippen LogP contribution in [0.15, 0.2) is 60.9 Å². The van der Waals surface area contributed by atoms with Crippen LogP contribution < -0.4 is 24.9 Å². The lowest BCUT2D eigenvalue weighted by Crippen LogP contribution is -2.55. The molecule has 4 fully saturated rings. The minimum atomic E-state index is -0.871. The Labute approximate surface area is 353 Å². The van der Waals surface area contributed by atoms with Gasteiger partial charge >= 0.3 is 0 Å². The third kappa shape index (κ3) is 6.96. The van der Waals surface area contributed by atoms with Crippen LogP contribution in [-0.2, 0) is 9.59 Å². The van der Waals surface area contributed by atoms with Crippen molar-refractivity contribution in [2.45, 2.75) is 85.2 Å². The fourth-order valence-corrected chi connectivity index (χ4v) is 8.62. The maximum absolute atomic E-state index is 14.6. The molecule has 0 bridgehead atoms. The molecule has 8 rings (SSSR count). The van der Waals surface area contributed by atoms with E-state index in [4.69, 9.17) is 37.6 Å². The van der Waals surface area contributed by atoms with Gasteiger partial charge in [-0.2, -0.15) is 0 Å². The molecular weight excluding hydrogens is 793 g/mol. The molecule has 4 aliphatic rings. The molecule has 3 amide bonds. The Morgan fingerprint density at radius 1 is 0.695 bits per heavy atom. The lowest BCUT2D eigenvalue weighted by molar-refractivity contribution is -0.124. The van der Waals surface area contributed by atoms with Gasteiger partial charge in [0.2, 0.25) is 0 Å². The molecule has 2 saturated carbocycles. The zero-order chi connectivity index (χ0) is 41.0. The lowest BCUT2D eigenvalue weighted by atomic mass is 9.75. The average molecular weight is 836 g/mol. The number of nitrogens with zero attached hydrogens (tertiary/aromatic N) is 8. The molecule has 2 aliphatic carbocycles. The Morgan fingerprint density at radius 2 is 1.12 bits per heavy atom. The van der Waals surface area contributed by atoms with Crippen LogP contribution in [0.4, 0.5) is 43.2 Å². The number of pyridine rings is 2. The number of hydrogen-bond donors (Lipinski definition) is 1. The van der Waals surface area contributed by atoms with Crippen molar-refractivity contribution >= 4 is 86.8 Å². The number of hydrogen-bond acceptors (Lipinski definition) is 7. The van der Waals surface area contributed by atoms with Gasteiger partial charge in [0.05, 0.1) is 16.9 Å². The van der Waals surface area contributed by atoms with Crippen LogP contribution in [0.1, 0.15) is 80.4 Å². The summed E-state index contributed by atoms with van der Waals surface area (Å²) in [5.41, 5.74) is 2.18. The Hall–Kier alpha value is -6.23. The minimum Gasteiger partial charge on any atom is -0.360 e. The molecule has 2 spiro atoms. The molecule has 59 heavy (non-hydrogen) atoms. The molecule has 0 unspecified atom stereocenters. The lowest BCUT2D eigenvalue weighted by Gasteiger charge is -2.43. The second-order valence-corrected chi connectivity index (χ2v) is 15.1. The summed E-state index contributed by atoms with van der Waals surface area (Å²) in [6.07, 6.45) is 7.25. The van der Waals surface area contributed by atoms with Gasteiger partial charge in [-0.25, -0.2) is 8.78 Å². The van der Waals surface area contributed by atoms with Crippen molar-refractivity contribution < 1.29 is 23.2 Å². The first-order valence-electron chi connectivity index (χ1n) is 18.1. The van der Waals surface area contributed by atoms with E-state index < -0.39 is 22.8 Å². The highest BCUT2D eigenvalue weighted by atomic mass is 32.1. The summed E-state index contributed by atoms with van der Waals surface area (Å²) in [6, 6.07) is 12.6. The predicted octanol–water partition coefficient (Wildman–Crippen LogP) is 9.22. The number of halogens is 2. The summed E-state index contributed by atoms with van der Waals surface area (Å²) in [5.74, 6) is -1.28. The van der Waals surface area contributed by atoms with Crippen LogP contribution in [0.5, 0.6) is 0 Å². The van der Waals surface area contributed by atoms with Crippen LogP contribution in [0.3, 0.4) is 0 Å². The predicted molar refractivity (Wildman–Crippen MR) is 233 cm³/mol. The molecule has 2 aromatic heterocycles. The molecule has 1 N–H and O–H groups in total. The van der Waals surface area contributed by atoms with Gasteiger partial charge < -0.3 is 24.8 Å².